The Morgan fingerprint density at radius 3 is 2.38 bits per heavy atom. The second-order valence-corrected chi connectivity index (χ2v) is 8.01. The number of carboxylic acid groups (broad SMARTS) is 1. The van der Waals surface area contributed by atoms with Gasteiger partial charge in [0.25, 0.3) is 0 Å². The van der Waals surface area contributed by atoms with Gasteiger partial charge in [0.2, 0.25) is 10.0 Å². The number of hydrogen-bond acceptors (Lipinski definition) is 5. The molecule has 1 saturated heterocycles. The summed E-state index contributed by atoms with van der Waals surface area (Å²) in [5.41, 5.74) is 0. The van der Waals surface area contributed by atoms with E-state index in [9.17, 15) is 26.4 Å². The van der Waals surface area contributed by atoms with Crippen molar-refractivity contribution in [2.75, 3.05) is 26.3 Å². The molecule has 26 heavy (non-hydrogen) atoms. The Balaban J connectivity index is 1.91. The first-order valence-corrected chi connectivity index (χ1v) is 9.24. The van der Waals surface area contributed by atoms with Gasteiger partial charge in [-0.05, 0) is 12.1 Å². The van der Waals surface area contributed by atoms with Crippen LogP contribution in [-0.2, 0) is 14.8 Å². The van der Waals surface area contributed by atoms with Crippen LogP contribution in [0.1, 0.15) is 6.42 Å². The molecule has 7 nitrogen and oxygen atoms in total. The molecule has 2 aliphatic rings. The third kappa shape index (κ3) is 3.45. The van der Waals surface area contributed by atoms with Gasteiger partial charge in [-0.3, -0.25) is 4.79 Å². The minimum absolute atomic E-state index is 0.185. The zero-order valence-corrected chi connectivity index (χ0v) is 14.2. The van der Waals surface area contributed by atoms with Gasteiger partial charge in [0.15, 0.2) is 11.5 Å². The van der Waals surface area contributed by atoms with Gasteiger partial charge in [0, 0.05) is 25.6 Å². The first kappa shape index (κ1) is 18.8. The number of fused-ring (bicyclic) bond motifs is 1. The maximum Gasteiger partial charge on any atom is 0.393 e. The summed E-state index contributed by atoms with van der Waals surface area (Å²) in [7, 11) is -4.31. The van der Waals surface area contributed by atoms with Crippen molar-refractivity contribution in [3.05, 3.63) is 18.2 Å². The molecule has 0 aliphatic carbocycles. The van der Waals surface area contributed by atoms with Gasteiger partial charge in [0.05, 0.1) is 29.9 Å². The summed E-state index contributed by atoms with van der Waals surface area (Å²) in [5.74, 6) is -5.24. The van der Waals surface area contributed by atoms with Gasteiger partial charge in [-0.2, -0.15) is 17.5 Å². The van der Waals surface area contributed by atoms with Crippen LogP contribution in [0, 0.1) is 11.8 Å². The number of hydrogen-bond donors (Lipinski definition) is 1. The number of rotatable bonds is 3. The van der Waals surface area contributed by atoms with Crippen molar-refractivity contribution < 1.29 is 41.0 Å². The number of sulfonamides is 1. The fourth-order valence-corrected chi connectivity index (χ4v) is 4.51. The number of alkyl halides is 3. The predicted octanol–water partition coefficient (Wildman–Crippen LogP) is 1.73. The lowest BCUT2D eigenvalue weighted by molar-refractivity contribution is -0.187. The first-order chi connectivity index (χ1) is 12.1. The standard InChI is InChI=1S/C15H16F3NO6S/c16-15(17,18)11-8-19(7-10(11)14(20)21)26(22,23)9-2-3-12-13(6-9)25-5-1-4-24-12/h2-3,6,10-11H,1,4-5,7-8H2,(H,20,21)/t10-,11-/m1/s1. The third-order valence-corrected chi connectivity index (χ3v) is 6.21. The van der Waals surface area contributed by atoms with Gasteiger partial charge >= 0.3 is 12.1 Å². The van der Waals surface area contributed by atoms with Crippen molar-refractivity contribution in [3.8, 4) is 11.5 Å². The number of carbonyl (C=O) groups is 1. The van der Waals surface area contributed by atoms with E-state index in [1.165, 1.54) is 18.2 Å². The second-order valence-electron chi connectivity index (χ2n) is 6.07. The lowest BCUT2D eigenvalue weighted by atomic mass is 9.96. The first-order valence-electron chi connectivity index (χ1n) is 7.80. The van der Waals surface area contributed by atoms with Crippen molar-refractivity contribution in [3.63, 3.8) is 0 Å². The molecule has 0 radical (unpaired) electrons. The highest BCUT2D eigenvalue weighted by molar-refractivity contribution is 7.89. The minimum atomic E-state index is -4.81. The van der Waals surface area contributed by atoms with Gasteiger partial charge < -0.3 is 14.6 Å². The van der Waals surface area contributed by atoms with Crippen molar-refractivity contribution in [2.45, 2.75) is 17.5 Å². The molecule has 1 aromatic rings. The molecule has 0 amide bonds. The van der Waals surface area contributed by atoms with Crippen molar-refractivity contribution >= 4 is 16.0 Å². The SMILES string of the molecule is O=C(O)[C@@H]1CN(S(=O)(=O)c2ccc3c(c2)OCCCO3)C[C@H]1C(F)(F)F. The van der Waals surface area contributed by atoms with Gasteiger partial charge in [-0.15, -0.1) is 0 Å². The van der Waals surface area contributed by atoms with Crippen LogP contribution < -0.4 is 9.47 Å². The molecule has 1 fully saturated rings. The molecule has 0 bridgehead atoms. The smallest absolute Gasteiger partial charge is 0.393 e. The van der Waals surface area contributed by atoms with E-state index in [0.29, 0.717) is 29.7 Å². The molecule has 3 rings (SSSR count). The zero-order chi connectivity index (χ0) is 19.1. The van der Waals surface area contributed by atoms with Crippen LogP contribution in [0.15, 0.2) is 23.1 Å². The van der Waals surface area contributed by atoms with E-state index in [0.717, 1.165) is 0 Å². The average molecular weight is 395 g/mol. The monoisotopic (exact) mass is 395 g/mol. The molecule has 2 heterocycles. The molecule has 11 heteroatoms. The highest BCUT2D eigenvalue weighted by atomic mass is 32.2. The van der Waals surface area contributed by atoms with Crippen molar-refractivity contribution in [1.82, 2.24) is 4.31 Å². The van der Waals surface area contributed by atoms with Crippen molar-refractivity contribution in [1.29, 1.82) is 0 Å². The molecule has 2 aliphatic heterocycles. The van der Waals surface area contributed by atoms with E-state index in [1.54, 1.807) is 0 Å². The Kier molecular flexibility index (Phi) is 4.78. The summed E-state index contributed by atoms with van der Waals surface area (Å²) >= 11 is 0. The molecule has 2 atom stereocenters. The maximum atomic E-state index is 13.1. The average Bonchev–Trinajstić information content (AvgIpc) is 2.90. The largest absolute Gasteiger partial charge is 0.490 e. The van der Waals surface area contributed by atoms with Crippen LogP contribution in [-0.4, -0.2) is 56.3 Å². The lowest BCUT2D eigenvalue weighted by Gasteiger charge is -2.19. The Morgan fingerprint density at radius 1 is 1.15 bits per heavy atom. The molecule has 0 unspecified atom stereocenters. The fraction of sp³-hybridized carbons (Fsp3) is 0.533. The molecule has 0 aromatic heterocycles. The molecular weight excluding hydrogens is 379 g/mol. The van der Waals surface area contributed by atoms with E-state index in [4.69, 9.17) is 14.6 Å². The summed E-state index contributed by atoms with van der Waals surface area (Å²) in [5, 5.41) is 9.03. The van der Waals surface area contributed by atoms with Crippen LogP contribution in [0.2, 0.25) is 0 Å². The quantitative estimate of drug-likeness (QED) is 0.838. The lowest BCUT2D eigenvalue weighted by Crippen LogP contribution is -2.34. The van der Waals surface area contributed by atoms with E-state index in [-0.39, 0.29) is 10.6 Å². The second kappa shape index (κ2) is 6.62. The van der Waals surface area contributed by atoms with E-state index in [2.05, 4.69) is 0 Å². The number of nitrogens with zero attached hydrogens (tertiary/aromatic N) is 1. The van der Waals surface area contributed by atoms with Gasteiger partial charge in [0.1, 0.15) is 0 Å². The Hall–Kier alpha value is -2.01. The molecule has 1 aromatic carbocycles. The summed E-state index contributed by atoms with van der Waals surface area (Å²) in [6.45, 7) is -0.955. The predicted molar refractivity (Wildman–Crippen MR) is 81.5 cm³/mol. The topological polar surface area (TPSA) is 93.1 Å². The Morgan fingerprint density at radius 2 is 1.81 bits per heavy atom. The molecule has 0 spiro atoms. The normalized spacial score (nSPS) is 24.3. The fourth-order valence-electron chi connectivity index (χ4n) is 3.00. The van der Waals surface area contributed by atoms with E-state index >= 15 is 0 Å². The van der Waals surface area contributed by atoms with Crippen LogP contribution in [0.25, 0.3) is 0 Å². The van der Waals surface area contributed by atoms with Gasteiger partial charge in [-0.1, -0.05) is 0 Å². The highest BCUT2D eigenvalue weighted by Crippen LogP contribution is 2.40. The van der Waals surface area contributed by atoms with Crippen LogP contribution >= 0.6 is 0 Å². The number of carboxylic acids is 1. The number of benzene rings is 1. The molecule has 144 valence electrons. The number of halogens is 3. The number of ether oxygens (including phenoxy) is 2. The van der Waals surface area contributed by atoms with Crippen LogP contribution in [0.5, 0.6) is 11.5 Å². The van der Waals surface area contributed by atoms with Gasteiger partial charge in [-0.25, -0.2) is 8.42 Å². The maximum absolute atomic E-state index is 13.1. The third-order valence-electron chi connectivity index (χ3n) is 4.38. The Bertz CT molecular complexity index is 810. The molecule has 0 saturated carbocycles. The van der Waals surface area contributed by atoms with Crippen molar-refractivity contribution in [2.24, 2.45) is 11.8 Å². The van der Waals surface area contributed by atoms with Crippen LogP contribution in [0.3, 0.4) is 0 Å². The Labute approximate surface area is 147 Å². The zero-order valence-electron chi connectivity index (χ0n) is 13.4. The number of aliphatic carboxylic acids is 1. The summed E-state index contributed by atoms with van der Waals surface area (Å²) < 4.78 is 76.0. The van der Waals surface area contributed by atoms with E-state index < -0.39 is 47.1 Å². The highest BCUT2D eigenvalue weighted by Gasteiger charge is 2.55. The summed E-state index contributed by atoms with van der Waals surface area (Å²) in [6.07, 6.45) is -4.20. The van der Waals surface area contributed by atoms with Crippen LogP contribution in [0.4, 0.5) is 13.2 Å². The molecular formula is C15H16F3NO6S. The molecule has 1 N–H and O–H groups in total. The summed E-state index contributed by atoms with van der Waals surface area (Å²) in [6, 6.07) is 3.77. The van der Waals surface area contributed by atoms with E-state index in [1.807, 2.05) is 0 Å². The summed E-state index contributed by atoms with van der Waals surface area (Å²) in [4.78, 5) is 10.9. The minimum Gasteiger partial charge on any atom is -0.490 e.